The van der Waals surface area contributed by atoms with Gasteiger partial charge in [0.1, 0.15) is 5.82 Å². The molecule has 0 saturated carbocycles. The molecule has 0 unspecified atom stereocenters. The molecule has 0 N–H and O–H groups in total. The third-order valence-corrected chi connectivity index (χ3v) is 2.29. The Morgan fingerprint density at radius 1 is 1.23 bits per heavy atom. The van der Waals surface area contributed by atoms with Crippen LogP contribution in [-0.2, 0) is 11.3 Å². The highest BCUT2D eigenvalue weighted by molar-refractivity contribution is 6.17. The predicted octanol–water partition coefficient (Wildman–Crippen LogP) is 3.86. The molecule has 2 heteroatoms. The summed E-state index contributed by atoms with van der Waals surface area (Å²) in [4.78, 5) is 0. The van der Waals surface area contributed by atoms with E-state index in [1.807, 2.05) is 6.07 Å². The van der Waals surface area contributed by atoms with Gasteiger partial charge in [-0.05, 0) is 28.7 Å². The van der Waals surface area contributed by atoms with Crippen LogP contribution in [0.5, 0.6) is 0 Å². The van der Waals surface area contributed by atoms with E-state index in [4.69, 9.17) is 11.6 Å². The van der Waals surface area contributed by atoms with Crippen LogP contribution in [-0.4, -0.2) is 0 Å². The van der Waals surface area contributed by atoms with E-state index < -0.39 is 0 Å². The molecule has 0 aliphatic rings. The fourth-order valence-electron chi connectivity index (χ4n) is 1.16. The second-order valence-electron chi connectivity index (χ2n) is 4.23. The van der Waals surface area contributed by atoms with E-state index in [-0.39, 0.29) is 11.2 Å². The lowest BCUT2D eigenvalue weighted by Gasteiger charge is -2.19. The van der Waals surface area contributed by atoms with E-state index in [0.29, 0.717) is 5.88 Å². The fourth-order valence-corrected chi connectivity index (χ4v) is 1.31. The van der Waals surface area contributed by atoms with Gasteiger partial charge in [-0.25, -0.2) is 4.39 Å². The summed E-state index contributed by atoms with van der Waals surface area (Å²) in [6, 6.07) is 4.99. The lowest BCUT2D eigenvalue weighted by atomic mass is 9.86. The number of halogens is 2. The normalized spacial score (nSPS) is 11.8. The molecule has 0 amide bonds. The van der Waals surface area contributed by atoms with Gasteiger partial charge in [0.15, 0.2) is 0 Å². The van der Waals surface area contributed by atoms with Crippen molar-refractivity contribution in [1.29, 1.82) is 0 Å². The smallest absolute Gasteiger partial charge is 0.123 e. The zero-order valence-corrected chi connectivity index (χ0v) is 8.95. The van der Waals surface area contributed by atoms with Crippen LogP contribution in [0.25, 0.3) is 0 Å². The molecule has 1 aromatic carbocycles. The summed E-state index contributed by atoms with van der Waals surface area (Å²) in [5, 5.41) is 0. The minimum absolute atomic E-state index is 0.0249. The van der Waals surface area contributed by atoms with Gasteiger partial charge in [-0.3, -0.25) is 0 Å². The van der Waals surface area contributed by atoms with Gasteiger partial charge < -0.3 is 0 Å². The highest BCUT2D eigenvalue weighted by Crippen LogP contribution is 2.24. The maximum atomic E-state index is 13.1. The van der Waals surface area contributed by atoms with E-state index in [0.717, 1.165) is 11.1 Å². The largest absolute Gasteiger partial charge is 0.207 e. The van der Waals surface area contributed by atoms with Crippen molar-refractivity contribution in [2.24, 2.45) is 0 Å². The van der Waals surface area contributed by atoms with Crippen LogP contribution in [0.15, 0.2) is 18.2 Å². The van der Waals surface area contributed by atoms with Crippen LogP contribution < -0.4 is 0 Å². The topological polar surface area (TPSA) is 0 Å². The first-order chi connectivity index (χ1) is 5.93. The van der Waals surface area contributed by atoms with Gasteiger partial charge in [-0.1, -0.05) is 26.8 Å². The summed E-state index contributed by atoms with van der Waals surface area (Å²) in [6.45, 7) is 6.17. The Hall–Kier alpha value is -0.560. The summed E-state index contributed by atoms with van der Waals surface area (Å²) in [5.74, 6) is 0.156. The molecule has 13 heavy (non-hydrogen) atoms. The number of rotatable bonds is 1. The molecule has 0 atom stereocenters. The van der Waals surface area contributed by atoms with Crippen molar-refractivity contribution >= 4 is 11.6 Å². The average molecular weight is 201 g/mol. The standard InChI is InChI=1S/C11H14ClF/c1-11(2,3)9-4-8(7-12)5-10(13)6-9/h4-6H,7H2,1-3H3. The van der Waals surface area contributed by atoms with Gasteiger partial charge in [-0.2, -0.15) is 0 Å². The summed E-state index contributed by atoms with van der Waals surface area (Å²) >= 11 is 5.65. The monoisotopic (exact) mass is 200 g/mol. The minimum Gasteiger partial charge on any atom is -0.207 e. The van der Waals surface area contributed by atoms with Crippen molar-refractivity contribution in [1.82, 2.24) is 0 Å². The third kappa shape index (κ3) is 2.70. The summed E-state index contributed by atoms with van der Waals surface area (Å²) in [6.07, 6.45) is 0. The Kier molecular flexibility index (Phi) is 2.97. The van der Waals surface area contributed by atoms with Crippen LogP contribution in [0.2, 0.25) is 0 Å². The molecule has 0 fully saturated rings. The Bertz CT molecular complexity index is 299. The molecule has 0 aliphatic heterocycles. The van der Waals surface area contributed by atoms with Crippen LogP contribution >= 0.6 is 11.6 Å². The number of benzene rings is 1. The highest BCUT2D eigenvalue weighted by atomic mass is 35.5. The van der Waals surface area contributed by atoms with Crippen LogP contribution in [0.4, 0.5) is 4.39 Å². The quantitative estimate of drug-likeness (QED) is 0.604. The van der Waals surface area contributed by atoms with Gasteiger partial charge >= 0.3 is 0 Å². The van der Waals surface area contributed by atoms with E-state index >= 15 is 0 Å². The Balaban J connectivity index is 3.16. The van der Waals surface area contributed by atoms with Gasteiger partial charge in [0.25, 0.3) is 0 Å². The van der Waals surface area contributed by atoms with E-state index in [9.17, 15) is 4.39 Å². The zero-order chi connectivity index (χ0) is 10.1. The van der Waals surface area contributed by atoms with Gasteiger partial charge in [0.2, 0.25) is 0 Å². The summed E-state index contributed by atoms with van der Waals surface area (Å²) < 4.78 is 13.1. The third-order valence-electron chi connectivity index (χ3n) is 1.98. The van der Waals surface area contributed by atoms with Gasteiger partial charge in [0, 0.05) is 5.88 Å². The first kappa shape index (κ1) is 10.5. The molecule has 0 spiro atoms. The lowest BCUT2D eigenvalue weighted by Crippen LogP contribution is -2.11. The van der Waals surface area contributed by atoms with Crippen molar-refractivity contribution in [2.45, 2.75) is 32.1 Å². The van der Waals surface area contributed by atoms with Crippen molar-refractivity contribution in [3.8, 4) is 0 Å². The molecule has 0 aromatic heterocycles. The zero-order valence-electron chi connectivity index (χ0n) is 8.20. The van der Waals surface area contributed by atoms with Crippen molar-refractivity contribution in [2.75, 3.05) is 0 Å². The van der Waals surface area contributed by atoms with Crippen LogP contribution in [0.3, 0.4) is 0 Å². The fraction of sp³-hybridized carbons (Fsp3) is 0.455. The van der Waals surface area contributed by atoms with E-state index in [1.165, 1.54) is 6.07 Å². The summed E-state index contributed by atoms with van der Waals surface area (Å²) in [5.41, 5.74) is 1.80. The minimum atomic E-state index is -0.205. The first-order valence-corrected chi connectivity index (χ1v) is 4.83. The molecule has 0 bridgehead atoms. The Labute approximate surface area is 83.7 Å². The van der Waals surface area contributed by atoms with Crippen LogP contribution in [0.1, 0.15) is 31.9 Å². The van der Waals surface area contributed by atoms with Gasteiger partial charge in [0.05, 0.1) is 0 Å². The molecule has 0 aliphatic carbocycles. The molecule has 0 nitrogen and oxygen atoms in total. The van der Waals surface area contributed by atoms with Gasteiger partial charge in [-0.15, -0.1) is 11.6 Å². The first-order valence-electron chi connectivity index (χ1n) is 4.29. The van der Waals surface area contributed by atoms with E-state index in [2.05, 4.69) is 20.8 Å². The molecule has 72 valence electrons. The SMILES string of the molecule is CC(C)(C)c1cc(F)cc(CCl)c1. The van der Waals surface area contributed by atoms with E-state index in [1.54, 1.807) is 6.07 Å². The molecule has 0 heterocycles. The Morgan fingerprint density at radius 2 is 1.85 bits per heavy atom. The predicted molar refractivity (Wildman–Crippen MR) is 54.7 cm³/mol. The second-order valence-corrected chi connectivity index (χ2v) is 4.50. The Morgan fingerprint density at radius 3 is 2.31 bits per heavy atom. The number of alkyl halides is 1. The maximum absolute atomic E-state index is 13.1. The molecule has 0 saturated heterocycles. The molecular formula is C11H14ClF. The molecule has 0 radical (unpaired) electrons. The second kappa shape index (κ2) is 3.67. The van der Waals surface area contributed by atoms with Crippen molar-refractivity contribution in [3.63, 3.8) is 0 Å². The summed E-state index contributed by atoms with van der Waals surface area (Å²) in [7, 11) is 0. The highest BCUT2D eigenvalue weighted by Gasteiger charge is 2.14. The number of hydrogen-bond donors (Lipinski definition) is 0. The average Bonchev–Trinajstić information content (AvgIpc) is 2.01. The molecule has 1 aromatic rings. The maximum Gasteiger partial charge on any atom is 0.123 e. The molecule has 1 rings (SSSR count). The van der Waals surface area contributed by atoms with Crippen molar-refractivity contribution in [3.05, 3.63) is 35.1 Å². The number of hydrogen-bond acceptors (Lipinski definition) is 0. The molecular weight excluding hydrogens is 187 g/mol. The van der Waals surface area contributed by atoms with Crippen LogP contribution in [0, 0.1) is 5.82 Å². The van der Waals surface area contributed by atoms with Crippen molar-refractivity contribution < 1.29 is 4.39 Å². The lowest BCUT2D eigenvalue weighted by molar-refractivity contribution is 0.571.